The summed E-state index contributed by atoms with van der Waals surface area (Å²) in [5, 5.41) is 4.93. The molecule has 0 bridgehead atoms. The molecule has 5 nitrogen and oxygen atoms in total. The lowest BCUT2D eigenvalue weighted by Crippen LogP contribution is -2.42. The van der Waals surface area contributed by atoms with E-state index < -0.39 is 24.1 Å². The van der Waals surface area contributed by atoms with Gasteiger partial charge >= 0.3 is 6.36 Å². The molecule has 2 N–H and O–H groups in total. The molecule has 0 aliphatic carbocycles. The molecule has 120 valence electrons. The fourth-order valence-corrected chi connectivity index (χ4v) is 2.17. The van der Waals surface area contributed by atoms with Crippen molar-refractivity contribution < 1.29 is 27.5 Å². The van der Waals surface area contributed by atoms with E-state index in [0.717, 1.165) is 6.07 Å². The number of anilines is 1. The molecule has 8 heteroatoms. The molecule has 0 spiro atoms. The van der Waals surface area contributed by atoms with Gasteiger partial charge in [0.15, 0.2) is 5.75 Å². The zero-order valence-corrected chi connectivity index (χ0v) is 11.6. The second-order valence-electron chi connectivity index (χ2n) is 4.90. The van der Waals surface area contributed by atoms with Crippen LogP contribution < -0.4 is 15.4 Å². The molecule has 1 fully saturated rings. The van der Waals surface area contributed by atoms with E-state index in [0.29, 0.717) is 25.7 Å². The van der Waals surface area contributed by atoms with Crippen LogP contribution in [0, 0.1) is 0 Å². The van der Waals surface area contributed by atoms with Gasteiger partial charge in [0.1, 0.15) is 6.04 Å². The van der Waals surface area contributed by atoms with Crippen LogP contribution in [0.15, 0.2) is 24.3 Å². The van der Waals surface area contributed by atoms with Crippen molar-refractivity contribution in [2.24, 2.45) is 0 Å². The lowest BCUT2D eigenvalue weighted by molar-refractivity contribution is -0.274. The summed E-state index contributed by atoms with van der Waals surface area (Å²) in [4.78, 5) is 23.6. The van der Waals surface area contributed by atoms with Gasteiger partial charge in [0, 0.05) is 6.42 Å². The Morgan fingerprint density at radius 3 is 2.73 bits per heavy atom. The first-order valence-electron chi connectivity index (χ1n) is 6.80. The van der Waals surface area contributed by atoms with Crippen LogP contribution in [0.2, 0.25) is 0 Å². The molecular weight excluding hydrogens is 301 g/mol. The first-order chi connectivity index (χ1) is 10.3. The van der Waals surface area contributed by atoms with Crippen LogP contribution in [0.1, 0.15) is 25.7 Å². The van der Waals surface area contributed by atoms with Gasteiger partial charge in [0.25, 0.3) is 0 Å². The molecule has 1 atom stereocenters. The number of halogens is 3. The van der Waals surface area contributed by atoms with Crippen molar-refractivity contribution in [1.29, 1.82) is 0 Å². The molecule has 1 aliphatic heterocycles. The van der Waals surface area contributed by atoms with E-state index in [1.807, 2.05) is 0 Å². The van der Waals surface area contributed by atoms with Crippen molar-refractivity contribution in [2.45, 2.75) is 38.1 Å². The number of benzene rings is 1. The molecule has 1 aromatic rings. The second-order valence-corrected chi connectivity index (χ2v) is 4.90. The van der Waals surface area contributed by atoms with E-state index in [1.165, 1.54) is 18.2 Å². The molecule has 1 aromatic carbocycles. The summed E-state index contributed by atoms with van der Waals surface area (Å²) in [6.45, 7) is 0. The predicted molar refractivity (Wildman–Crippen MR) is 72.2 cm³/mol. The highest BCUT2D eigenvalue weighted by Gasteiger charge is 2.32. The number of para-hydroxylation sites is 2. The quantitative estimate of drug-likeness (QED) is 0.900. The van der Waals surface area contributed by atoms with E-state index in [4.69, 9.17) is 0 Å². The summed E-state index contributed by atoms with van der Waals surface area (Å²) in [7, 11) is 0. The highest BCUT2D eigenvalue weighted by Crippen LogP contribution is 2.30. The number of hydrogen-bond acceptors (Lipinski definition) is 3. The van der Waals surface area contributed by atoms with Gasteiger partial charge in [-0.3, -0.25) is 9.59 Å². The first-order valence-corrected chi connectivity index (χ1v) is 6.80. The molecular formula is C14H15F3N2O3. The number of alkyl halides is 3. The summed E-state index contributed by atoms with van der Waals surface area (Å²) in [5.41, 5.74) is -0.0941. The summed E-state index contributed by atoms with van der Waals surface area (Å²) >= 11 is 0. The van der Waals surface area contributed by atoms with Crippen LogP contribution in [0.5, 0.6) is 5.75 Å². The van der Waals surface area contributed by atoms with Crippen LogP contribution in [-0.2, 0) is 9.59 Å². The highest BCUT2D eigenvalue weighted by molar-refractivity contribution is 5.98. The van der Waals surface area contributed by atoms with Crippen molar-refractivity contribution in [3.63, 3.8) is 0 Å². The maximum Gasteiger partial charge on any atom is 0.573 e. The second kappa shape index (κ2) is 6.67. The minimum Gasteiger partial charge on any atom is -0.404 e. The predicted octanol–water partition coefficient (Wildman–Crippen LogP) is 2.58. The topological polar surface area (TPSA) is 67.4 Å². The first kappa shape index (κ1) is 16.1. The normalized spacial score (nSPS) is 19.0. The molecule has 1 aliphatic rings. The SMILES string of the molecule is O=C1CCCCC(C(=O)Nc2ccccc2OC(F)(F)F)N1. The molecule has 22 heavy (non-hydrogen) atoms. The van der Waals surface area contributed by atoms with Crippen LogP contribution >= 0.6 is 0 Å². The largest absolute Gasteiger partial charge is 0.573 e. The maximum atomic E-state index is 12.3. The van der Waals surface area contributed by atoms with Gasteiger partial charge in [-0.15, -0.1) is 13.2 Å². The monoisotopic (exact) mass is 316 g/mol. The number of rotatable bonds is 3. The molecule has 0 saturated carbocycles. The minimum absolute atomic E-state index is 0.0941. The van der Waals surface area contributed by atoms with Crippen LogP contribution in [-0.4, -0.2) is 24.2 Å². The van der Waals surface area contributed by atoms with Gasteiger partial charge in [-0.1, -0.05) is 18.6 Å². The molecule has 2 amide bonds. The maximum absolute atomic E-state index is 12.3. The summed E-state index contributed by atoms with van der Waals surface area (Å²) in [6, 6.07) is 4.50. The third kappa shape index (κ3) is 4.64. The average molecular weight is 316 g/mol. The Morgan fingerprint density at radius 2 is 2.00 bits per heavy atom. The lowest BCUT2D eigenvalue weighted by atomic mass is 10.1. The van der Waals surface area contributed by atoms with Gasteiger partial charge in [0.2, 0.25) is 11.8 Å². The zero-order chi connectivity index (χ0) is 16.2. The Hall–Kier alpha value is -2.25. The van der Waals surface area contributed by atoms with E-state index >= 15 is 0 Å². The Balaban J connectivity index is 2.09. The Labute approximate surface area is 124 Å². The number of amides is 2. The molecule has 2 rings (SSSR count). The summed E-state index contributed by atoms with van der Waals surface area (Å²) < 4.78 is 40.8. The molecule has 1 saturated heterocycles. The Morgan fingerprint density at radius 1 is 1.27 bits per heavy atom. The van der Waals surface area contributed by atoms with Gasteiger partial charge in [-0.05, 0) is 25.0 Å². The average Bonchev–Trinajstić information content (AvgIpc) is 2.64. The number of carbonyl (C=O) groups is 2. The van der Waals surface area contributed by atoms with Crippen molar-refractivity contribution >= 4 is 17.5 Å². The standard InChI is InChI=1S/C14H15F3N2O3/c15-14(16,17)22-11-7-3-1-5-9(11)19-13(21)10-6-2-4-8-12(20)18-10/h1,3,5,7,10H,2,4,6,8H2,(H,18,20)(H,19,21). The van der Waals surface area contributed by atoms with Crippen molar-refractivity contribution in [1.82, 2.24) is 5.32 Å². The van der Waals surface area contributed by atoms with Gasteiger partial charge < -0.3 is 15.4 Å². The molecule has 1 heterocycles. The lowest BCUT2D eigenvalue weighted by Gasteiger charge is -2.18. The smallest absolute Gasteiger partial charge is 0.404 e. The molecule has 1 unspecified atom stereocenters. The Kier molecular flexibility index (Phi) is 4.89. The van der Waals surface area contributed by atoms with Crippen LogP contribution in [0.25, 0.3) is 0 Å². The van der Waals surface area contributed by atoms with Gasteiger partial charge in [-0.25, -0.2) is 0 Å². The minimum atomic E-state index is -4.85. The van der Waals surface area contributed by atoms with E-state index in [2.05, 4.69) is 15.4 Å². The number of hydrogen-bond donors (Lipinski definition) is 2. The van der Waals surface area contributed by atoms with E-state index in [1.54, 1.807) is 0 Å². The number of nitrogens with one attached hydrogen (secondary N) is 2. The van der Waals surface area contributed by atoms with Crippen molar-refractivity contribution in [2.75, 3.05) is 5.32 Å². The highest BCUT2D eigenvalue weighted by atomic mass is 19.4. The number of carbonyl (C=O) groups excluding carboxylic acids is 2. The Bertz CT molecular complexity index is 561. The molecule has 0 aromatic heterocycles. The van der Waals surface area contributed by atoms with E-state index in [-0.39, 0.29) is 11.6 Å². The van der Waals surface area contributed by atoms with Gasteiger partial charge in [-0.2, -0.15) is 0 Å². The fourth-order valence-electron chi connectivity index (χ4n) is 2.17. The zero-order valence-electron chi connectivity index (χ0n) is 11.6. The molecule has 0 radical (unpaired) electrons. The van der Waals surface area contributed by atoms with E-state index in [9.17, 15) is 22.8 Å². The third-order valence-electron chi connectivity index (χ3n) is 3.17. The van der Waals surface area contributed by atoms with Crippen molar-refractivity contribution in [3.8, 4) is 5.75 Å². The third-order valence-corrected chi connectivity index (χ3v) is 3.17. The summed E-state index contributed by atoms with van der Waals surface area (Å²) in [6.07, 6.45) is -2.68. The fraction of sp³-hybridized carbons (Fsp3) is 0.429. The van der Waals surface area contributed by atoms with Crippen LogP contribution in [0.3, 0.4) is 0 Å². The number of ether oxygens (including phenoxy) is 1. The van der Waals surface area contributed by atoms with Crippen LogP contribution in [0.4, 0.5) is 18.9 Å². The van der Waals surface area contributed by atoms with Gasteiger partial charge in [0.05, 0.1) is 5.69 Å². The summed E-state index contributed by atoms with van der Waals surface area (Å²) in [5.74, 6) is -1.30. The van der Waals surface area contributed by atoms with Crippen molar-refractivity contribution in [3.05, 3.63) is 24.3 Å².